The van der Waals surface area contributed by atoms with Crippen LogP contribution in [-0.2, 0) is 16.0 Å². The third kappa shape index (κ3) is 3.54. The number of carbonyl (C=O) groups excluding carboxylic acids is 4. The summed E-state index contributed by atoms with van der Waals surface area (Å²) in [6.45, 7) is 2.04. The lowest BCUT2D eigenvalue weighted by molar-refractivity contribution is -0.126. The van der Waals surface area contributed by atoms with E-state index in [4.69, 9.17) is 16.3 Å². The van der Waals surface area contributed by atoms with Crippen molar-refractivity contribution in [2.45, 2.75) is 19.4 Å². The van der Waals surface area contributed by atoms with E-state index in [1.807, 2.05) is 24.3 Å². The number of ether oxygens (including phenoxy) is 1. The molecule has 0 radical (unpaired) electrons. The first kappa shape index (κ1) is 21.9. The van der Waals surface area contributed by atoms with Gasteiger partial charge in [0.1, 0.15) is 0 Å². The number of amides is 3. The predicted molar refractivity (Wildman–Crippen MR) is 126 cm³/mol. The van der Waals surface area contributed by atoms with Crippen LogP contribution in [0, 0.1) is 0 Å². The molecule has 0 aliphatic carbocycles. The molecule has 8 heteroatoms. The molecule has 0 unspecified atom stereocenters. The summed E-state index contributed by atoms with van der Waals surface area (Å²) in [7, 11) is 0. The molecule has 0 aromatic heterocycles. The fraction of sp³-hybridized carbons (Fsp3) is 0.154. The van der Waals surface area contributed by atoms with E-state index < -0.39 is 23.9 Å². The van der Waals surface area contributed by atoms with Crippen LogP contribution >= 0.6 is 11.6 Å². The van der Waals surface area contributed by atoms with E-state index in [2.05, 4.69) is 0 Å². The maximum atomic E-state index is 13.0. The molecule has 2 aliphatic rings. The first-order valence-corrected chi connectivity index (χ1v) is 11.1. The zero-order chi connectivity index (χ0) is 24.0. The van der Waals surface area contributed by atoms with Gasteiger partial charge >= 0.3 is 5.97 Å². The fourth-order valence-corrected chi connectivity index (χ4v) is 4.51. The van der Waals surface area contributed by atoms with Gasteiger partial charge in [0.15, 0.2) is 6.10 Å². The minimum Gasteiger partial charge on any atom is -0.449 e. The van der Waals surface area contributed by atoms with Crippen molar-refractivity contribution < 1.29 is 23.9 Å². The summed E-state index contributed by atoms with van der Waals surface area (Å²) in [5.74, 6) is -2.19. The number of esters is 1. The average Bonchev–Trinajstić information content (AvgIpc) is 3.38. The van der Waals surface area contributed by atoms with Crippen LogP contribution in [0.4, 0.5) is 11.4 Å². The van der Waals surface area contributed by atoms with Gasteiger partial charge in [0.05, 0.1) is 27.4 Å². The highest BCUT2D eigenvalue weighted by atomic mass is 35.5. The van der Waals surface area contributed by atoms with Gasteiger partial charge in [-0.2, -0.15) is 0 Å². The highest BCUT2D eigenvalue weighted by Gasteiger charge is 2.38. The summed E-state index contributed by atoms with van der Waals surface area (Å²) in [6, 6.07) is 18.3. The van der Waals surface area contributed by atoms with Crippen molar-refractivity contribution in [2.75, 3.05) is 16.3 Å². The standard InChI is InChI=1S/C26H19ClN2O5/c1-15(23(30)28-13-12-16-6-2-4-8-21(16)28)34-26(33)17-10-11-18-19(14-17)25(32)29(24(18)31)22-9-5-3-7-20(22)27/h2-11,14-15H,12-13H2,1H3/t15-/m1/s1. The minimum atomic E-state index is -1.02. The highest BCUT2D eigenvalue weighted by molar-refractivity contribution is 6.39. The second kappa shape index (κ2) is 8.43. The normalized spacial score (nSPS) is 15.2. The van der Waals surface area contributed by atoms with Gasteiger partial charge < -0.3 is 9.64 Å². The van der Waals surface area contributed by atoms with Crippen LogP contribution < -0.4 is 9.80 Å². The van der Waals surface area contributed by atoms with Gasteiger partial charge in [-0.05, 0) is 55.3 Å². The van der Waals surface area contributed by atoms with Gasteiger partial charge in [-0.15, -0.1) is 0 Å². The predicted octanol–water partition coefficient (Wildman–Crippen LogP) is 4.28. The number of benzene rings is 3. The number of hydrogen-bond acceptors (Lipinski definition) is 5. The van der Waals surface area contributed by atoms with Crippen molar-refractivity contribution in [1.82, 2.24) is 0 Å². The summed E-state index contributed by atoms with van der Waals surface area (Å²) in [5, 5.41) is 0.257. The Morgan fingerprint density at radius 2 is 1.59 bits per heavy atom. The van der Waals surface area contributed by atoms with Crippen molar-refractivity contribution in [2.24, 2.45) is 0 Å². The molecule has 3 amide bonds. The summed E-state index contributed by atoms with van der Waals surface area (Å²) >= 11 is 6.18. The number of nitrogens with zero attached hydrogens (tertiary/aromatic N) is 2. The van der Waals surface area contributed by atoms with Crippen LogP contribution in [0.1, 0.15) is 43.6 Å². The Hall–Kier alpha value is -3.97. The van der Waals surface area contributed by atoms with Crippen LogP contribution in [0.5, 0.6) is 0 Å². The lowest BCUT2D eigenvalue weighted by Gasteiger charge is -2.21. The summed E-state index contributed by atoms with van der Waals surface area (Å²) in [6.07, 6.45) is -0.283. The van der Waals surface area contributed by atoms with Crippen LogP contribution in [0.3, 0.4) is 0 Å². The number of carbonyl (C=O) groups is 4. The Labute approximate surface area is 200 Å². The molecule has 5 rings (SSSR count). The Kier molecular flexibility index (Phi) is 5.42. The molecule has 0 bridgehead atoms. The third-order valence-electron chi connectivity index (χ3n) is 6.00. The number of anilines is 2. The molecule has 0 fully saturated rings. The van der Waals surface area contributed by atoms with Gasteiger partial charge in [0.2, 0.25) is 0 Å². The van der Waals surface area contributed by atoms with Crippen molar-refractivity contribution >= 4 is 46.7 Å². The molecule has 170 valence electrons. The van der Waals surface area contributed by atoms with Gasteiger partial charge in [-0.1, -0.05) is 41.9 Å². The molecule has 0 N–H and O–H groups in total. The zero-order valence-corrected chi connectivity index (χ0v) is 18.9. The molecule has 3 aromatic carbocycles. The fourth-order valence-electron chi connectivity index (χ4n) is 4.29. The van der Waals surface area contributed by atoms with E-state index in [9.17, 15) is 19.2 Å². The SMILES string of the molecule is C[C@@H](OC(=O)c1ccc2c(c1)C(=O)N(c1ccccc1Cl)C2=O)C(=O)N1CCc2ccccc21. The number of imide groups is 1. The Morgan fingerprint density at radius 3 is 2.35 bits per heavy atom. The molecule has 2 aliphatic heterocycles. The van der Waals surface area contributed by atoms with Gasteiger partial charge in [0, 0.05) is 12.2 Å². The van der Waals surface area contributed by atoms with E-state index in [1.165, 1.54) is 25.1 Å². The lowest BCUT2D eigenvalue weighted by Crippen LogP contribution is -2.39. The van der Waals surface area contributed by atoms with E-state index in [1.54, 1.807) is 29.2 Å². The molecule has 1 atom stereocenters. The van der Waals surface area contributed by atoms with Crippen molar-refractivity contribution in [3.63, 3.8) is 0 Å². The van der Waals surface area contributed by atoms with Crippen molar-refractivity contribution in [3.05, 3.63) is 94.0 Å². The summed E-state index contributed by atoms with van der Waals surface area (Å²) in [5.41, 5.74) is 2.47. The summed E-state index contributed by atoms with van der Waals surface area (Å²) < 4.78 is 5.42. The van der Waals surface area contributed by atoms with Gasteiger partial charge in [-0.25, -0.2) is 9.69 Å². The smallest absolute Gasteiger partial charge is 0.338 e. The molecule has 0 spiro atoms. The molecule has 0 saturated carbocycles. The molecule has 2 heterocycles. The number of fused-ring (bicyclic) bond motifs is 2. The molecule has 0 saturated heterocycles. The van der Waals surface area contributed by atoms with E-state index in [-0.39, 0.29) is 33.3 Å². The van der Waals surface area contributed by atoms with Crippen LogP contribution in [0.2, 0.25) is 5.02 Å². The highest BCUT2D eigenvalue weighted by Crippen LogP contribution is 2.34. The first-order valence-electron chi connectivity index (χ1n) is 10.7. The quantitative estimate of drug-likeness (QED) is 0.416. The number of para-hydroxylation sites is 2. The monoisotopic (exact) mass is 474 g/mol. The Balaban J connectivity index is 1.34. The van der Waals surface area contributed by atoms with E-state index >= 15 is 0 Å². The molecule has 34 heavy (non-hydrogen) atoms. The maximum absolute atomic E-state index is 13.0. The van der Waals surface area contributed by atoms with Crippen LogP contribution in [0.15, 0.2) is 66.7 Å². The number of halogens is 1. The third-order valence-corrected chi connectivity index (χ3v) is 6.32. The van der Waals surface area contributed by atoms with Crippen LogP contribution in [0.25, 0.3) is 0 Å². The van der Waals surface area contributed by atoms with E-state index in [0.717, 1.165) is 22.6 Å². The summed E-state index contributed by atoms with van der Waals surface area (Å²) in [4.78, 5) is 54.1. The van der Waals surface area contributed by atoms with Crippen molar-refractivity contribution in [1.29, 1.82) is 0 Å². The lowest BCUT2D eigenvalue weighted by atomic mass is 10.1. The molecular weight excluding hydrogens is 456 g/mol. The maximum Gasteiger partial charge on any atom is 0.338 e. The van der Waals surface area contributed by atoms with Crippen molar-refractivity contribution in [3.8, 4) is 0 Å². The van der Waals surface area contributed by atoms with Gasteiger partial charge in [-0.3, -0.25) is 14.4 Å². The average molecular weight is 475 g/mol. The largest absolute Gasteiger partial charge is 0.449 e. The minimum absolute atomic E-state index is 0.0716. The van der Waals surface area contributed by atoms with Gasteiger partial charge in [0.25, 0.3) is 17.7 Å². The second-order valence-electron chi connectivity index (χ2n) is 8.07. The molecule has 7 nitrogen and oxygen atoms in total. The Morgan fingerprint density at radius 1 is 0.912 bits per heavy atom. The van der Waals surface area contributed by atoms with E-state index in [0.29, 0.717) is 6.54 Å². The second-order valence-corrected chi connectivity index (χ2v) is 8.48. The Bertz CT molecular complexity index is 1370. The molecular formula is C26H19ClN2O5. The van der Waals surface area contributed by atoms with Crippen LogP contribution in [-0.4, -0.2) is 36.3 Å². The topological polar surface area (TPSA) is 84.0 Å². The first-order chi connectivity index (χ1) is 16.4. The zero-order valence-electron chi connectivity index (χ0n) is 18.2. The number of rotatable bonds is 4. The molecule has 3 aromatic rings. The number of hydrogen-bond donors (Lipinski definition) is 0.